The van der Waals surface area contributed by atoms with Crippen molar-refractivity contribution in [3.8, 4) is 0 Å². The Hall–Kier alpha value is -2.13. The molecule has 3 nitrogen and oxygen atoms in total. The second-order valence-electron chi connectivity index (χ2n) is 7.48. The first kappa shape index (κ1) is 16.3. The smallest absolute Gasteiger partial charge is 0.316 e. The van der Waals surface area contributed by atoms with Crippen LogP contribution in [0.4, 0.5) is 0 Å². The maximum absolute atomic E-state index is 12.1. The minimum absolute atomic E-state index is 0.0869. The van der Waals surface area contributed by atoms with Crippen LogP contribution in [-0.4, -0.2) is 25.3 Å². The SMILES string of the molecule is COC1C(CCCc2ccc3ccccc3c2)=CC2(C)CC1OC2=O. The Morgan fingerprint density at radius 2 is 1.96 bits per heavy atom. The van der Waals surface area contributed by atoms with Gasteiger partial charge >= 0.3 is 5.97 Å². The van der Waals surface area contributed by atoms with E-state index in [1.165, 1.54) is 21.9 Å². The Morgan fingerprint density at radius 1 is 1.16 bits per heavy atom. The largest absolute Gasteiger partial charge is 0.459 e. The maximum atomic E-state index is 12.1. The molecule has 1 fully saturated rings. The summed E-state index contributed by atoms with van der Waals surface area (Å²) in [5, 5.41) is 2.57. The molecule has 0 N–H and O–H groups in total. The molecule has 0 saturated carbocycles. The highest BCUT2D eigenvalue weighted by atomic mass is 16.6. The van der Waals surface area contributed by atoms with Crippen LogP contribution in [0.3, 0.4) is 0 Å². The van der Waals surface area contributed by atoms with E-state index < -0.39 is 5.41 Å². The quantitative estimate of drug-likeness (QED) is 0.598. The fourth-order valence-electron chi connectivity index (χ4n) is 4.24. The van der Waals surface area contributed by atoms with Crippen molar-refractivity contribution in [2.24, 2.45) is 5.41 Å². The van der Waals surface area contributed by atoms with Gasteiger partial charge in [-0.2, -0.15) is 0 Å². The lowest BCUT2D eigenvalue weighted by Gasteiger charge is -2.29. The van der Waals surface area contributed by atoms with E-state index in [0.29, 0.717) is 0 Å². The summed E-state index contributed by atoms with van der Waals surface area (Å²) in [6.07, 6.45) is 5.63. The average molecular weight is 336 g/mol. The van der Waals surface area contributed by atoms with Gasteiger partial charge < -0.3 is 9.47 Å². The number of esters is 1. The van der Waals surface area contributed by atoms with Gasteiger partial charge in [-0.05, 0) is 48.1 Å². The van der Waals surface area contributed by atoms with Crippen molar-refractivity contribution in [3.05, 3.63) is 59.7 Å². The van der Waals surface area contributed by atoms with Gasteiger partial charge in [0.15, 0.2) is 0 Å². The topological polar surface area (TPSA) is 35.5 Å². The first-order chi connectivity index (χ1) is 12.1. The van der Waals surface area contributed by atoms with Crippen LogP contribution >= 0.6 is 0 Å². The average Bonchev–Trinajstić information content (AvgIpc) is 2.85. The third kappa shape index (κ3) is 2.98. The molecule has 130 valence electrons. The highest BCUT2D eigenvalue weighted by Crippen LogP contribution is 2.44. The second-order valence-corrected chi connectivity index (χ2v) is 7.48. The molecule has 2 aliphatic rings. The summed E-state index contributed by atoms with van der Waals surface area (Å²) in [6.45, 7) is 1.98. The summed E-state index contributed by atoms with van der Waals surface area (Å²) >= 11 is 0. The van der Waals surface area contributed by atoms with Crippen molar-refractivity contribution in [2.75, 3.05) is 7.11 Å². The summed E-state index contributed by atoms with van der Waals surface area (Å²) < 4.78 is 11.2. The Balaban J connectivity index is 1.46. The van der Waals surface area contributed by atoms with Gasteiger partial charge in [-0.1, -0.05) is 48.5 Å². The van der Waals surface area contributed by atoms with Gasteiger partial charge in [0.1, 0.15) is 12.2 Å². The molecule has 0 radical (unpaired) electrons. The van der Waals surface area contributed by atoms with Gasteiger partial charge in [0.2, 0.25) is 0 Å². The Bertz CT molecular complexity index is 838. The molecule has 3 unspecified atom stereocenters. The lowest BCUT2D eigenvalue weighted by Crippen LogP contribution is -2.34. The molecular weight excluding hydrogens is 312 g/mol. The lowest BCUT2D eigenvalue weighted by atomic mass is 9.76. The van der Waals surface area contributed by atoms with Crippen molar-refractivity contribution in [1.29, 1.82) is 0 Å². The van der Waals surface area contributed by atoms with E-state index in [-0.39, 0.29) is 18.2 Å². The number of carbonyl (C=O) groups excluding carboxylic acids is 1. The van der Waals surface area contributed by atoms with Crippen LogP contribution in [0, 0.1) is 5.41 Å². The van der Waals surface area contributed by atoms with Crippen molar-refractivity contribution in [2.45, 2.75) is 44.8 Å². The fraction of sp³-hybridized carbons (Fsp3) is 0.409. The highest BCUT2D eigenvalue weighted by molar-refractivity contribution is 5.83. The molecular formula is C22H24O3. The van der Waals surface area contributed by atoms with Crippen LogP contribution in [0.2, 0.25) is 0 Å². The third-order valence-corrected chi connectivity index (χ3v) is 5.56. The van der Waals surface area contributed by atoms with Crippen molar-refractivity contribution >= 4 is 16.7 Å². The molecule has 3 heteroatoms. The molecule has 25 heavy (non-hydrogen) atoms. The molecule has 3 atom stereocenters. The van der Waals surface area contributed by atoms with Gasteiger partial charge in [0.25, 0.3) is 0 Å². The minimum atomic E-state index is -0.460. The number of fused-ring (bicyclic) bond motifs is 3. The number of benzene rings is 2. The number of aryl methyl sites for hydroxylation is 1. The lowest BCUT2D eigenvalue weighted by molar-refractivity contribution is -0.148. The Kier molecular flexibility index (Phi) is 4.12. The minimum Gasteiger partial charge on any atom is -0.459 e. The van der Waals surface area contributed by atoms with E-state index in [1.807, 2.05) is 6.92 Å². The van der Waals surface area contributed by atoms with Crippen LogP contribution in [0.5, 0.6) is 0 Å². The molecule has 0 amide bonds. The molecule has 2 bridgehead atoms. The number of ether oxygens (including phenoxy) is 2. The normalized spacial score (nSPS) is 28.1. The molecule has 4 rings (SSSR count). The van der Waals surface area contributed by atoms with Crippen LogP contribution in [0.1, 0.15) is 31.7 Å². The molecule has 0 spiro atoms. The predicted octanol–water partition coefficient (Wildman–Crippen LogP) is 4.44. The summed E-state index contributed by atoms with van der Waals surface area (Å²) in [5.41, 5.74) is 2.11. The number of hydrogen-bond donors (Lipinski definition) is 0. The van der Waals surface area contributed by atoms with E-state index in [9.17, 15) is 4.79 Å². The zero-order valence-electron chi connectivity index (χ0n) is 14.8. The Morgan fingerprint density at radius 3 is 2.76 bits per heavy atom. The molecule has 2 aromatic rings. The zero-order chi connectivity index (χ0) is 17.4. The van der Waals surface area contributed by atoms with Gasteiger partial charge in [-0.3, -0.25) is 4.79 Å². The van der Waals surface area contributed by atoms with E-state index in [4.69, 9.17) is 9.47 Å². The van der Waals surface area contributed by atoms with E-state index in [0.717, 1.165) is 25.7 Å². The Labute approximate surface area is 148 Å². The van der Waals surface area contributed by atoms with Gasteiger partial charge in [-0.15, -0.1) is 0 Å². The third-order valence-electron chi connectivity index (χ3n) is 5.56. The van der Waals surface area contributed by atoms with Gasteiger partial charge in [0.05, 0.1) is 5.41 Å². The summed E-state index contributed by atoms with van der Waals surface area (Å²) in [6, 6.07) is 15.1. The molecule has 1 saturated heterocycles. The molecule has 1 aliphatic heterocycles. The van der Waals surface area contributed by atoms with Gasteiger partial charge in [0, 0.05) is 13.5 Å². The number of hydrogen-bond acceptors (Lipinski definition) is 3. The van der Waals surface area contributed by atoms with Crippen LogP contribution < -0.4 is 0 Å². The van der Waals surface area contributed by atoms with Crippen LogP contribution in [0.15, 0.2) is 54.1 Å². The highest BCUT2D eigenvalue weighted by Gasteiger charge is 2.51. The van der Waals surface area contributed by atoms with Gasteiger partial charge in [-0.25, -0.2) is 0 Å². The summed E-state index contributed by atoms with van der Waals surface area (Å²) in [4.78, 5) is 12.1. The van der Waals surface area contributed by atoms with Crippen molar-refractivity contribution in [1.82, 2.24) is 0 Å². The monoisotopic (exact) mass is 336 g/mol. The van der Waals surface area contributed by atoms with Crippen molar-refractivity contribution < 1.29 is 14.3 Å². The first-order valence-corrected chi connectivity index (χ1v) is 9.02. The fourth-order valence-corrected chi connectivity index (χ4v) is 4.24. The van der Waals surface area contributed by atoms with E-state index in [2.05, 4.69) is 48.5 Å². The van der Waals surface area contributed by atoms with Crippen LogP contribution in [0.25, 0.3) is 10.8 Å². The zero-order valence-corrected chi connectivity index (χ0v) is 14.8. The number of carbonyl (C=O) groups is 1. The molecule has 1 aliphatic carbocycles. The number of methoxy groups -OCH3 is 1. The first-order valence-electron chi connectivity index (χ1n) is 9.02. The van der Waals surface area contributed by atoms with E-state index in [1.54, 1.807) is 7.11 Å². The van der Waals surface area contributed by atoms with Crippen LogP contribution in [-0.2, 0) is 20.7 Å². The number of rotatable bonds is 5. The molecule has 2 aromatic carbocycles. The van der Waals surface area contributed by atoms with Crippen molar-refractivity contribution in [3.63, 3.8) is 0 Å². The molecule has 0 aromatic heterocycles. The predicted molar refractivity (Wildman–Crippen MR) is 98.4 cm³/mol. The van der Waals surface area contributed by atoms with E-state index >= 15 is 0 Å². The second kappa shape index (κ2) is 6.30. The molecule has 1 heterocycles. The maximum Gasteiger partial charge on any atom is 0.316 e. The standard InChI is InChI=1S/C22H24O3/c1-22-13-18(20(24-2)19(14-22)25-21(22)23)9-5-6-15-10-11-16-7-3-4-8-17(16)12-15/h3-4,7-8,10-13,19-20H,5-6,9,14H2,1-2H3. The summed E-state index contributed by atoms with van der Waals surface area (Å²) in [5.74, 6) is -0.107. The summed E-state index contributed by atoms with van der Waals surface area (Å²) in [7, 11) is 1.71.